The summed E-state index contributed by atoms with van der Waals surface area (Å²) in [6.07, 6.45) is 2.86. The van der Waals surface area contributed by atoms with Crippen molar-refractivity contribution in [2.24, 2.45) is 5.73 Å². The summed E-state index contributed by atoms with van der Waals surface area (Å²) in [6, 6.07) is 0.140. The first-order valence-corrected chi connectivity index (χ1v) is 3.87. The summed E-state index contributed by atoms with van der Waals surface area (Å²) in [7, 11) is 0. The zero-order chi connectivity index (χ0) is 8.27. The molecule has 1 rings (SSSR count). The molecule has 0 radical (unpaired) electrons. The quantitative estimate of drug-likeness (QED) is 0.676. The molecule has 0 aliphatic carbocycles. The van der Waals surface area contributed by atoms with E-state index >= 15 is 0 Å². The smallest absolute Gasteiger partial charge is 0.0824 e. The molecule has 1 heterocycles. The fraction of sp³-hybridized carbons (Fsp3) is 0.714. The van der Waals surface area contributed by atoms with E-state index in [4.69, 9.17) is 5.73 Å². The van der Waals surface area contributed by atoms with Gasteiger partial charge in [-0.2, -0.15) is 0 Å². The molecule has 0 aromatic carbocycles. The summed E-state index contributed by atoms with van der Waals surface area (Å²) in [5.74, 6) is 0. The number of hydrogen-bond donors (Lipinski definition) is 1. The third kappa shape index (κ3) is 2.31. The standard InChI is InChI=1S/C7H14N4/c1-3-7-5-11(10-9-7)4-6(2)8/h5-6H,3-4,8H2,1-2H3. The molecule has 11 heavy (non-hydrogen) atoms. The highest BCUT2D eigenvalue weighted by Gasteiger charge is 1.99. The Morgan fingerprint density at radius 2 is 2.45 bits per heavy atom. The monoisotopic (exact) mass is 154 g/mol. The molecule has 1 atom stereocenters. The molecule has 0 aliphatic rings. The van der Waals surface area contributed by atoms with Crippen molar-refractivity contribution in [3.8, 4) is 0 Å². The van der Waals surface area contributed by atoms with E-state index in [9.17, 15) is 0 Å². The average molecular weight is 154 g/mol. The number of nitrogens with two attached hydrogens (primary N) is 1. The minimum absolute atomic E-state index is 0.140. The van der Waals surface area contributed by atoms with Gasteiger partial charge in [-0.25, -0.2) is 0 Å². The first kappa shape index (κ1) is 8.20. The van der Waals surface area contributed by atoms with Crippen LogP contribution < -0.4 is 5.73 Å². The van der Waals surface area contributed by atoms with Gasteiger partial charge in [0.2, 0.25) is 0 Å². The van der Waals surface area contributed by atoms with Gasteiger partial charge in [-0.15, -0.1) is 5.10 Å². The third-order valence-electron chi connectivity index (χ3n) is 1.42. The van der Waals surface area contributed by atoms with E-state index in [2.05, 4.69) is 17.2 Å². The zero-order valence-corrected chi connectivity index (χ0v) is 6.99. The molecule has 62 valence electrons. The second kappa shape index (κ2) is 3.48. The molecule has 2 N–H and O–H groups in total. The van der Waals surface area contributed by atoms with Gasteiger partial charge in [-0.1, -0.05) is 12.1 Å². The summed E-state index contributed by atoms with van der Waals surface area (Å²) >= 11 is 0. The number of nitrogens with zero attached hydrogens (tertiary/aromatic N) is 3. The number of rotatable bonds is 3. The van der Waals surface area contributed by atoms with Gasteiger partial charge in [-0.05, 0) is 13.3 Å². The predicted molar refractivity (Wildman–Crippen MR) is 43.0 cm³/mol. The van der Waals surface area contributed by atoms with Gasteiger partial charge in [0.15, 0.2) is 0 Å². The van der Waals surface area contributed by atoms with E-state index in [1.54, 1.807) is 4.68 Å². The van der Waals surface area contributed by atoms with E-state index in [0.29, 0.717) is 0 Å². The van der Waals surface area contributed by atoms with E-state index < -0.39 is 0 Å². The molecular formula is C7H14N4. The number of aromatic nitrogens is 3. The van der Waals surface area contributed by atoms with E-state index in [1.165, 1.54) is 0 Å². The maximum absolute atomic E-state index is 5.59. The summed E-state index contributed by atoms with van der Waals surface area (Å²) < 4.78 is 1.78. The Balaban J connectivity index is 2.58. The first-order chi connectivity index (χ1) is 5.22. The molecule has 0 fully saturated rings. The van der Waals surface area contributed by atoms with E-state index in [0.717, 1.165) is 18.7 Å². The van der Waals surface area contributed by atoms with Crippen LogP contribution >= 0.6 is 0 Å². The topological polar surface area (TPSA) is 56.7 Å². The molecule has 0 saturated heterocycles. The van der Waals surface area contributed by atoms with Crippen molar-refractivity contribution in [1.82, 2.24) is 15.0 Å². The molecule has 1 aromatic heterocycles. The van der Waals surface area contributed by atoms with Crippen molar-refractivity contribution in [2.75, 3.05) is 0 Å². The van der Waals surface area contributed by atoms with Crippen molar-refractivity contribution in [2.45, 2.75) is 32.9 Å². The highest BCUT2D eigenvalue weighted by molar-refractivity contribution is 4.90. The minimum atomic E-state index is 0.140. The maximum atomic E-state index is 5.59. The van der Waals surface area contributed by atoms with Crippen LogP contribution in [-0.2, 0) is 13.0 Å². The van der Waals surface area contributed by atoms with Crippen molar-refractivity contribution in [1.29, 1.82) is 0 Å². The fourth-order valence-electron chi connectivity index (χ4n) is 0.885. The van der Waals surface area contributed by atoms with Crippen LogP contribution in [0.2, 0.25) is 0 Å². The molecule has 0 aliphatic heterocycles. The summed E-state index contributed by atoms with van der Waals surface area (Å²) in [4.78, 5) is 0. The van der Waals surface area contributed by atoms with Crippen LogP contribution in [0.15, 0.2) is 6.20 Å². The third-order valence-corrected chi connectivity index (χ3v) is 1.42. The Hall–Kier alpha value is -0.900. The molecule has 1 unspecified atom stereocenters. The van der Waals surface area contributed by atoms with Crippen molar-refractivity contribution < 1.29 is 0 Å². The van der Waals surface area contributed by atoms with Crippen molar-refractivity contribution in [3.63, 3.8) is 0 Å². The molecule has 4 nitrogen and oxygen atoms in total. The Kier molecular flexibility index (Phi) is 2.59. The average Bonchev–Trinajstić information content (AvgIpc) is 2.34. The van der Waals surface area contributed by atoms with Gasteiger partial charge < -0.3 is 5.73 Å². The Morgan fingerprint density at radius 3 is 2.91 bits per heavy atom. The molecule has 0 amide bonds. The summed E-state index contributed by atoms with van der Waals surface area (Å²) in [5, 5.41) is 7.86. The highest BCUT2D eigenvalue weighted by atomic mass is 15.4. The van der Waals surface area contributed by atoms with E-state index in [1.807, 2.05) is 13.1 Å². The van der Waals surface area contributed by atoms with Crippen LogP contribution in [0.4, 0.5) is 0 Å². The zero-order valence-electron chi connectivity index (χ0n) is 6.99. The van der Waals surface area contributed by atoms with Gasteiger partial charge in [0, 0.05) is 12.2 Å². The highest BCUT2D eigenvalue weighted by Crippen LogP contribution is 1.93. The first-order valence-electron chi connectivity index (χ1n) is 3.87. The summed E-state index contributed by atoms with van der Waals surface area (Å²) in [5.41, 5.74) is 6.61. The SMILES string of the molecule is CCc1cn(CC(C)N)nn1. The Labute approximate surface area is 66.4 Å². The maximum Gasteiger partial charge on any atom is 0.0824 e. The number of hydrogen-bond acceptors (Lipinski definition) is 3. The normalized spacial score (nSPS) is 13.4. The van der Waals surface area contributed by atoms with Crippen LogP contribution in [0.3, 0.4) is 0 Å². The Morgan fingerprint density at radius 1 is 1.73 bits per heavy atom. The second-order valence-electron chi connectivity index (χ2n) is 2.76. The van der Waals surface area contributed by atoms with Crippen LogP contribution in [0, 0.1) is 0 Å². The molecule has 0 bridgehead atoms. The van der Waals surface area contributed by atoms with Gasteiger partial charge in [0.1, 0.15) is 0 Å². The fourth-order valence-corrected chi connectivity index (χ4v) is 0.885. The Bertz CT molecular complexity index is 216. The minimum Gasteiger partial charge on any atom is -0.326 e. The number of aryl methyl sites for hydroxylation is 1. The van der Waals surface area contributed by atoms with Crippen LogP contribution in [0.1, 0.15) is 19.5 Å². The van der Waals surface area contributed by atoms with Gasteiger partial charge in [0.05, 0.1) is 12.2 Å². The molecule has 4 heteroatoms. The van der Waals surface area contributed by atoms with Crippen LogP contribution in [0.5, 0.6) is 0 Å². The lowest BCUT2D eigenvalue weighted by Crippen LogP contribution is -2.22. The summed E-state index contributed by atoms with van der Waals surface area (Å²) in [6.45, 7) is 4.75. The lowest BCUT2D eigenvalue weighted by Gasteiger charge is -2.01. The second-order valence-corrected chi connectivity index (χ2v) is 2.76. The largest absolute Gasteiger partial charge is 0.326 e. The lowest BCUT2D eigenvalue weighted by atomic mass is 10.3. The van der Waals surface area contributed by atoms with Gasteiger partial charge in [-0.3, -0.25) is 4.68 Å². The van der Waals surface area contributed by atoms with Crippen LogP contribution in [0.25, 0.3) is 0 Å². The lowest BCUT2D eigenvalue weighted by molar-refractivity contribution is 0.523. The van der Waals surface area contributed by atoms with Crippen molar-refractivity contribution in [3.05, 3.63) is 11.9 Å². The molecular weight excluding hydrogens is 140 g/mol. The van der Waals surface area contributed by atoms with Gasteiger partial charge in [0.25, 0.3) is 0 Å². The van der Waals surface area contributed by atoms with E-state index in [-0.39, 0.29) is 6.04 Å². The van der Waals surface area contributed by atoms with Gasteiger partial charge >= 0.3 is 0 Å². The predicted octanol–water partition coefficient (Wildman–Crippen LogP) is 0.188. The molecule has 0 spiro atoms. The van der Waals surface area contributed by atoms with Crippen molar-refractivity contribution >= 4 is 0 Å². The molecule has 1 aromatic rings. The molecule has 0 saturated carbocycles. The van der Waals surface area contributed by atoms with Crippen LogP contribution in [-0.4, -0.2) is 21.0 Å².